The third-order valence-corrected chi connectivity index (χ3v) is 4.31. The average molecular weight is 358 g/mol. The smallest absolute Gasteiger partial charge is 0.261 e. The van der Waals surface area contributed by atoms with Crippen LogP contribution in [-0.4, -0.2) is 43.5 Å². The molecule has 2 heterocycles. The van der Waals surface area contributed by atoms with Gasteiger partial charge in [0.2, 0.25) is 0 Å². The molecule has 8 heteroatoms. The molecule has 4 rings (SSSR count). The third-order valence-electron chi connectivity index (χ3n) is 4.31. The zero-order valence-corrected chi connectivity index (χ0v) is 14.2. The molecule has 0 spiro atoms. The molecule has 1 aromatic heterocycles. The van der Waals surface area contributed by atoms with E-state index in [0.29, 0.717) is 35.5 Å². The number of benzene rings is 2. The summed E-state index contributed by atoms with van der Waals surface area (Å²) >= 11 is 0. The second-order valence-electron chi connectivity index (χ2n) is 6.11. The van der Waals surface area contributed by atoms with Gasteiger partial charge in [0, 0.05) is 13.0 Å². The van der Waals surface area contributed by atoms with Crippen molar-refractivity contribution in [2.24, 2.45) is 0 Å². The van der Waals surface area contributed by atoms with Gasteiger partial charge in [-0.05, 0) is 35.0 Å². The molecule has 0 aliphatic carbocycles. The Morgan fingerprint density at radius 3 is 2.44 bits per heavy atom. The first-order valence-corrected chi connectivity index (χ1v) is 8.36. The molecule has 0 fully saturated rings. The van der Waals surface area contributed by atoms with Crippen LogP contribution in [-0.2, 0) is 13.0 Å². The van der Waals surface area contributed by atoms with E-state index in [-0.39, 0.29) is 18.4 Å². The van der Waals surface area contributed by atoms with E-state index in [2.05, 4.69) is 21.5 Å². The maximum atomic E-state index is 12.4. The van der Waals surface area contributed by atoms with Gasteiger partial charge in [0.1, 0.15) is 0 Å². The highest BCUT2D eigenvalue weighted by molar-refractivity contribution is 6.21. The summed E-state index contributed by atoms with van der Waals surface area (Å²) in [5.41, 5.74) is 2.31. The molecule has 1 aliphatic heterocycles. The lowest BCUT2D eigenvalue weighted by molar-refractivity contribution is 0.0655. The predicted octanol–water partition coefficient (Wildman–Crippen LogP) is 1.43. The molecule has 3 aromatic rings. The van der Waals surface area contributed by atoms with E-state index in [4.69, 9.17) is 5.26 Å². The van der Waals surface area contributed by atoms with Gasteiger partial charge in [0.15, 0.2) is 5.82 Å². The highest BCUT2D eigenvalue weighted by Gasteiger charge is 2.34. The number of hydrogen-bond acceptors (Lipinski definition) is 6. The second kappa shape index (κ2) is 6.80. The number of imide groups is 1. The van der Waals surface area contributed by atoms with Crippen molar-refractivity contribution in [3.05, 3.63) is 76.6 Å². The van der Waals surface area contributed by atoms with E-state index in [0.717, 1.165) is 5.56 Å². The summed E-state index contributed by atoms with van der Waals surface area (Å²) in [7, 11) is 0. The fraction of sp³-hybridized carbons (Fsp3) is 0.158. The molecular formula is C19H14N6O2. The van der Waals surface area contributed by atoms with Crippen molar-refractivity contribution in [1.29, 1.82) is 5.26 Å². The molecule has 0 radical (unpaired) electrons. The van der Waals surface area contributed by atoms with Crippen molar-refractivity contribution in [3.8, 4) is 6.07 Å². The van der Waals surface area contributed by atoms with Gasteiger partial charge in [-0.25, -0.2) is 0 Å². The molecule has 0 N–H and O–H groups in total. The van der Waals surface area contributed by atoms with E-state index in [1.54, 1.807) is 42.5 Å². The first kappa shape index (κ1) is 16.6. The monoisotopic (exact) mass is 358 g/mol. The maximum Gasteiger partial charge on any atom is 0.261 e. The number of fused-ring (bicyclic) bond motifs is 1. The van der Waals surface area contributed by atoms with Crippen LogP contribution in [0.15, 0.2) is 48.5 Å². The highest BCUT2D eigenvalue weighted by atomic mass is 16.2. The topological polar surface area (TPSA) is 105 Å². The van der Waals surface area contributed by atoms with Crippen LogP contribution >= 0.6 is 0 Å². The summed E-state index contributed by atoms with van der Waals surface area (Å²) in [6.45, 7) is 0.581. The van der Waals surface area contributed by atoms with E-state index < -0.39 is 0 Å². The molecule has 0 bridgehead atoms. The van der Waals surface area contributed by atoms with Crippen molar-refractivity contribution >= 4 is 11.8 Å². The summed E-state index contributed by atoms with van der Waals surface area (Å²) in [6, 6.07) is 16.0. The summed E-state index contributed by atoms with van der Waals surface area (Å²) < 4.78 is 0. The number of nitrogens with zero attached hydrogens (tertiary/aromatic N) is 6. The van der Waals surface area contributed by atoms with Crippen LogP contribution in [0.2, 0.25) is 0 Å². The second-order valence-corrected chi connectivity index (χ2v) is 6.11. The Bertz CT molecular complexity index is 1050. The van der Waals surface area contributed by atoms with Crippen LogP contribution in [0, 0.1) is 11.3 Å². The zero-order chi connectivity index (χ0) is 18.8. The van der Waals surface area contributed by atoms with Crippen molar-refractivity contribution < 1.29 is 9.59 Å². The van der Waals surface area contributed by atoms with Crippen LogP contribution in [0.25, 0.3) is 0 Å². The van der Waals surface area contributed by atoms with Gasteiger partial charge in [-0.3, -0.25) is 14.5 Å². The molecule has 2 aromatic carbocycles. The molecule has 2 amide bonds. The molecule has 0 atom stereocenters. The SMILES string of the molecule is N#Cc1cccc(Cn2nnc(CCN3C(=O)c4ccccc4C3=O)n2)c1. The lowest BCUT2D eigenvalue weighted by Gasteiger charge is -2.11. The van der Waals surface area contributed by atoms with E-state index >= 15 is 0 Å². The first-order chi connectivity index (χ1) is 13.2. The van der Waals surface area contributed by atoms with Gasteiger partial charge < -0.3 is 0 Å². The summed E-state index contributed by atoms with van der Waals surface area (Å²) in [6.07, 6.45) is 0.323. The number of carbonyl (C=O) groups is 2. The fourth-order valence-electron chi connectivity index (χ4n) is 3.00. The van der Waals surface area contributed by atoms with Crippen molar-refractivity contribution in [3.63, 3.8) is 0 Å². The minimum absolute atomic E-state index is 0.196. The lowest BCUT2D eigenvalue weighted by Crippen LogP contribution is -2.32. The minimum atomic E-state index is -0.295. The van der Waals surface area contributed by atoms with Gasteiger partial charge in [0.05, 0.1) is 29.3 Å². The third kappa shape index (κ3) is 3.18. The quantitative estimate of drug-likeness (QED) is 0.639. The summed E-state index contributed by atoms with van der Waals surface area (Å²) in [4.78, 5) is 27.3. The number of amides is 2. The largest absolute Gasteiger partial charge is 0.274 e. The molecule has 1 aliphatic rings. The Labute approximate surface area is 154 Å². The summed E-state index contributed by atoms with van der Waals surface area (Å²) in [5, 5.41) is 21.2. The Kier molecular flexibility index (Phi) is 4.18. The van der Waals surface area contributed by atoms with E-state index in [9.17, 15) is 9.59 Å². The summed E-state index contributed by atoms with van der Waals surface area (Å²) in [5.74, 6) is -0.143. The Morgan fingerprint density at radius 2 is 1.74 bits per heavy atom. The molecule has 0 saturated heterocycles. The predicted molar refractivity (Wildman–Crippen MR) is 93.6 cm³/mol. The molecule has 8 nitrogen and oxygen atoms in total. The number of tetrazole rings is 1. The van der Waals surface area contributed by atoms with Crippen molar-refractivity contribution in [2.45, 2.75) is 13.0 Å². The van der Waals surface area contributed by atoms with E-state index in [1.165, 1.54) is 9.70 Å². The van der Waals surface area contributed by atoms with Crippen molar-refractivity contribution in [1.82, 2.24) is 25.1 Å². The van der Waals surface area contributed by atoms with Gasteiger partial charge >= 0.3 is 0 Å². The van der Waals surface area contributed by atoms with Crippen LogP contribution < -0.4 is 0 Å². The van der Waals surface area contributed by atoms with Crippen LogP contribution in [0.4, 0.5) is 0 Å². The Balaban J connectivity index is 1.41. The van der Waals surface area contributed by atoms with Gasteiger partial charge in [-0.1, -0.05) is 24.3 Å². The van der Waals surface area contributed by atoms with Gasteiger partial charge in [-0.2, -0.15) is 10.1 Å². The van der Waals surface area contributed by atoms with Gasteiger partial charge in [-0.15, -0.1) is 10.2 Å². The number of hydrogen-bond donors (Lipinski definition) is 0. The number of nitriles is 1. The van der Waals surface area contributed by atoms with E-state index in [1.807, 2.05) is 6.07 Å². The lowest BCUT2D eigenvalue weighted by atomic mass is 10.1. The minimum Gasteiger partial charge on any atom is -0.274 e. The zero-order valence-electron chi connectivity index (χ0n) is 14.2. The highest BCUT2D eigenvalue weighted by Crippen LogP contribution is 2.22. The van der Waals surface area contributed by atoms with Crippen LogP contribution in [0.1, 0.15) is 37.7 Å². The number of carbonyl (C=O) groups excluding carboxylic acids is 2. The van der Waals surface area contributed by atoms with Crippen LogP contribution in [0.5, 0.6) is 0 Å². The first-order valence-electron chi connectivity index (χ1n) is 8.36. The van der Waals surface area contributed by atoms with Crippen LogP contribution in [0.3, 0.4) is 0 Å². The fourth-order valence-corrected chi connectivity index (χ4v) is 3.00. The van der Waals surface area contributed by atoms with Crippen molar-refractivity contribution in [2.75, 3.05) is 6.54 Å². The number of aromatic nitrogens is 4. The molecule has 27 heavy (non-hydrogen) atoms. The Morgan fingerprint density at radius 1 is 1.00 bits per heavy atom. The molecular weight excluding hydrogens is 344 g/mol. The van der Waals surface area contributed by atoms with Gasteiger partial charge in [0.25, 0.3) is 11.8 Å². The maximum absolute atomic E-state index is 12.4. The Hall–Kier alpha value is -3.86. The average Bonchev–Trinajstić information content (AvgIpc) is 3.24. The molecule has 0 unspecified atom stereocenters. The normalized spacial score (nSPS) is 12.9. The molecule has 0 saturated carbocycles. The number of rotatable bonds is 5. The standard InChI is InChI=1S/C19H14N6O2/c20-11-13-4-3-5-14(10-13)12-25-22-17(21-23-25)8-9-24-18(26)15-6-1-2-7-16(15)19(24)27/h1-7,10H,8-9,12H2. The molecule has 132 valence electrons.